The van der Waals surface area contributed by atoms with Crippen LogP contribution in [0.2, 0.25) is 5.15 Å². The molecule has 7 heteroatoms. The number of hydrogen-bond donors (Lipinski definition) is 1. The predicted octanol–water partition coefficient (Wildman–Crippen LogP) is 3.74. The van der Waals surface area contributed by atoms with Gasteiger partial charge >= 0.3 is 0 Å². The van der Waals surface area contributed by atoms with Crippen LogP contribution in [0.4, 0.5) is 5.13 Å². The fourth-order valence-electron chi connectivity index (χ4n) is 2.04. The molecule has 0 radical (unpaired) electrons. The largest absolute Gasteiger partial charge is 0.295 e. The van der Waals surface area contributed by atoms with Crippen LogP contribution in [0.3, 0.4) is 0 Å². The zero-order chi connectivity index (χ0) is 16.2. The number of benzene rings is 1. The summed E-state index contributed by atoms with van der Waals surface area (Å²) in [4.78, 5) is 16.1. The van der Waals surface area contributed by atoms with Crippen molar-refractivity contribution in [2.24, 2.45) is 0 Å². The molecule has 0 unspecified atom stereocenters. The van der Waals surface area contributed by atoms with Gasteiger partial charge in [-0.2, -0.15) is 0 Å². The van der Waals surface area contributed by atoms with Crippen molar-refractivity contribution < 1.29 is 4.79 Å². The summed E-state index contributed by atoms with van der Waals surface area (Å²) in [6, 6.07) is 13.0. The molecule has 1 aromatic carbocycles. The average molecular weight is 345 g/mol. The Hall–Kier alpha value is -2.31. The number of halogens is 1. The van der Waals surface area contributed by atoms with Gasteiger partial charge in [-0.1, -0.05) is 53.3 Å². The molecular formula is C16H13ClN4OS. The number of carbonyl (C=O) groups excluding carboxylic acids is 1. The third-order valence-corrected chi connectivity index (χ3v) is 4.29. The molecule has 0 saturated heterocycles. The Morgan fingerprint density at radius 2 is 2.00 bits per heavy atom. The summed E-state index contributed by atoms with van der Waals surface area (Å²) in [5, 5.41) is 12.4. The molecule has 23 heavy (non-hydrogen) atoms. The van der Waals surface area contributed by atoms with Crippen LogP contribution in [-0.2, 0) is 6.42 Å². The topological polar surface area (TPSA) is 67.8 Å². The Kier molecular flexibility index (Phi) is 4.64. The van der Waals surface area contributed by atoms with Gasteiger partial charge in [0.15, 0.2) is 0 Å². The summed E-state index contributed by atoms with van der Waals surface area (Å²) in [5.41, 5.74) is 2.64. The SMILES string of the molecule is Cc1ccccc1Cc1nnc(NC(=O)c2cccc(Cl)n2)s1. The molecular weight excluding hydrogens is 332 g/mol. The van der Waals surface area contributed by atoms with E-state index >= 15 is 0 Å². The Bertz CT molecular complexity index is 849. The molecule has 1 N–H and O–H groups in total. The van der Waals surface area contributed by atoms with Crippen LogP contribution in [0.25, 0.3) is 0 Å². The highest BCUT2D eigenvalue weighted by molar-refractivity contribution is 7.15. The van der Waals surface area contributed by atoms with Gasteiger partial charge in [0.2, 0.25) is 5.13 Å². The number of hydrogen-bond acceptors (Lipinski definition) is 5. The molecule has 0 spiro atoms. The minimum atomic E-state index is -0.355. The van der Waals surface area contributed by atoms with E-state index in [9.17, 15) is 4.79 Å². The molecule has 2 heterocycles. The number of aromatic nitrogens is 3. The van der Waals surface area contributed by atoms with Crippen LogP contribution in [-0.4, -0.2) is 21.1 Å². The molecule has 0 aliphatic rings. The van der Waals surface area contributed by atoms with E-state index in [1.807, 2.05) is 12.1 Å². The number of carbonyl (C=O) groups is 1. The van der Waals surface area contributed by atoms with Crippen molar-refractivity contribution in [3.63, 3.8) is 0 Å². The van der Waals surface area contributed by atoms with Gasteiger partial charge in [0.25, 0.3) is 5.91 Å². The molecule has 0 saturated carbocycles. The molecule has 5 nitrogen and oxygen atoms in total. The second-order valence-electron chi connectivity index (χ2n) is 4.90. The van der Waals surface area contributed by atoms with E-state index in [2.05, 4.69) is 39.6 Å². The third-order valence-electron chi connectivity index (χ3n) is 3.24. The standard InChI is InChI=1S/C16H13ClN4OS/c1-10-5-2-3-6-11(10)9-14-20-21-16(23-14)19-15(22)12-7-4-8-13(17)18-12/h2-8H,9H2,1H3,(H,19,21,22). The molecule has 0 aliphatic heterocycles. The molecule has 0 fully saturated rings. The van der Waals surface area contributed by atoms with Gasteiger partial charge in [0, 0.05) is 6.42 Å². The summed E-state index contributed by atoms with van der Waals surface area (Å²) >= 11 is 7.13. The third kappa shape index (κ3) is 3.91. The Labute approximate surface area is 142 Å². The first-order chi connectivity index (χ1) is 11.1. The molecule has 3 rings (SSSR count). The number of amides is 1. The number of nitrogens with one attached hydrogen (secondary N) is 1. The number of anilines is 1. The van der Waals surface area contributed by atoms with Crippen molar-refractivity contribution in [3.05, 3.63) is 69.4 Å². The van der Waals surface area contributed by atoms with E-state index in [4.69, 9.17) is 11.6 Å². The van der Waals surface area contributed by atoms with E-state index in [1.54, 1.807) is 18.2 Å². The summed E-state index contributed by atoms with van der Waals surface area (Å²) in [6.45, 7) is 2.06. The lowest BCUT2D eigenvalue weighted by Gasteiger charge is -2.01. The van der Waals surface area contributed by atoms with E-state index in [-0.39, 0.29) is 16.8 Å². The zero-order valence-electron chi connectivity index (χ0n) is 12.3. The second kappa shape index (κ2) is 6.85. The van der Waals surface area contributed by atoms with E-state index < -0.39 is 0 Å². The van der Waals surface area contributed by atoms with Gasteiger partial charge in [-0.25, -0.2) is 4.98 Å². The lowest BCUT2D eigenvalue weighted by molar-refractivity contribution is 0.102. The normalized spacial score (nSPS) is 10.5. The van der Waals surface area contributed by atoms with Gasteiger partial charge in [-0.3, -0.25) is 10.1 Å². The van der Waals surface area contributed by atoms with Crippen molar-refractivity contribution in [2.45, 2.75) is 13.3 Å². The first-order valence-electron chi connectivity index (χ1n) is 6.92. The van der Waals surface area contributed by atoms with Crippen molar-refractivity contribution in [1.82, 2.24) is 15.2 Å². The highest BCUT2D eigenvalue weighted by Crippen LogP contribution is 2.20. The zero-order valence-corrected chi connectivity index (χ0v) is 13.9. The average Bonchev–Trinajstić information content (AvgIpc) is 2.97. The minimum Gasteiger partial charge on any atom is -0.295 e. The fourth-order valence-corrected chi connectivity index (χ4v) is 2.96. The van der Waals surface area contributed by atoms with Crippen molar-refractivity contribution in [1.29, 1.82) is 0 Å². The molecule has 3 aromatic rings. The van der Waals surface area contributed by atoms with Gasteiger partial charge in [0.05, 0.1) is 0 Å². The van der Waals surface area contributed by atoms with Gasteiger partial charge in [-0.15, -0.1) is 10.2 Å². The fraction of sp³-hybridized carbons (Fsp3) is 0.125. The van der Waals surface area contributed by atoms with Gasteiger partial charge < -0.3 is 0 Å². The minimum absolute atomic E-state index is 0.244. The molecule has 0 bridgehead atoms. The van der Waals surface area contributed by atoms with Gasteiger partial charge in [-0.05, 0) is 30.2 Å². The molecule has 2 aromatic heterocycles. The first kappa shape index (κ1) is 15.6. The highest BCUT2D eigenvalue weighted by Gasteiger charge is 2.12. The Morgan fingerprint density at radius 3 is 2.78 bits per heavy atom. The van der Waals surface area contributed by atoms with E-state index in [0.29, 0.717) is 11.6 Å². The van der Waals surface area contributed by atoms with Crippen molar-refractivity contribution in [3.8, 4) is 0 Å². The molecule has 0 aliphatic carbocycles. The molecule has 116 valence electrons. The van der Waals surface area contributed by atoms with Crippen LogP contribution < -0.4 is 5.32 Å². The van der Waals surface area contributed by atoms with Crippen LogP contribution in [0.1, 0.15) is 26.6 Å². The number of rotatable bonds is 4. The van der Waals surface area contributed by atoms with Crippen LogP contribution in [0.15, 0.2) is 42.5 Å². The maximum atomic E-state index is 12.1. The van der Waals surface area contributed by atoms with Crippen LogP contribution in [0, 0.1) is 6.92 Å². The second-order valence-corrected chi connectivity index (χ2v) is 6.35. The monoisotopic (exact) mass is 344 g/mol. The molecule has 0 atom stereocenters. The van der Waals surface area contributed by atoms with E-state index in [0.717, 1.165) is 5.01 Å². The first-order valence-corrected chi connectivity index (χ1v) is 8.12. The summed E-state index contributed by atoms with van der Waals surface area (Å²) < 4.78 is 0. The van der Waals surface area contributed by atoms with Crippen molar-refractivity contribution in [2.75, 3.05) is 5.32 Å². The smallest absolute Gasteiger partial charge is 0.276 e. The highest BCUT2D eigenvalue weighted by atomic mass is 35.5. The Morgan fingerprint density at radius 1 is 1.17 bits per heavy atom. The lowest BCUT2D eigenvalue weighted by Crippen LogP contribution is -2.13. The maximum Gasteiger partial charge on any atom is 0.276 e. The van der Waals surface area contributed by atoms with Gasteiger partial charge in [0.1, 0.15) is 15.9 Å². The summed E-state index contributed by atoms with van der Waals surface area (Å²) in [5.74, 6) is -0.355. The molecule has 1 amide bonds. The van der Waals surface area contributed by atoms with Crippen molar-refractivity contribution >= 4 is 34.0 Å². The van der Waals surface area contributed by atoms with Crippen LogP contribution in [0.5, 0.6) is 0 Å². The number of nitrogens with zero attached hydrogens (tertiary/aromatic N) is 3. The summed E-state index contributed by atoms with van der Waals surface area (Å²) in [6.07, 6.45) is 0.690. The number of pyridine rings is 1. The lowest BCUT2D eigenvalue weighted by atomic mass is 10.1. The van der Waals surface area contributed by atoms with Crippen LogP contribution >= 0.6 is 22.9 Å². The maximum absolute atomic E-state index is 12.1. The summed E-state index contributed by atoms with van der Waals surface area (Å²) in [7, 11) is 0. The predicted molar refractivity (Wildman–Crippen MR) is 91.1 cm³/mol. The Balaban J connectivity index is 1.70. The number of aryl methyl sites for hydroxylation is 1. The van der Waals surface area contributed by atoms with E-state index in [1.165, 1.54) is 22.5 Å². The quantitative estimate of drug-likeness (QED) is 0.732.